The zero-order valence-corrected chi connectivity index (χ0v) is 86.6. The molecule has 0 aliphatic heterocycles. The molecule has 17 amide bonds. The lowest BCUT2D eigenvalue weighted by Crippen LogP contribution is -2.63. The summed E-state index contributed by atoms with van der Waals surface area (Å²) in [6.45, 7) is 26.8. The number of carbonyl (C=O) groups is 21. The quantitative estimate of drug-likeness (QED) is 0.0252. The van der Waals surface area contributed by atoms with Gasteiger partial charge in [0, 0.05) is 19.3 Å². The van der Waals surface area contributed by atoms with Gasteiger partial charge in [0.15, 0.2) is 0 Å². The third-order valence-electron chi connectivity index (χ3n) is 22.7. The minimum Gasteiger partial charge on any atom is -0.481 e. The summed E-state index contributed by atoms with van der Waals surface area (Å²) in [6.07, 6.45) is -14.8. The number of carbonyl (C=O) groups excluding carboxylic acids is 17. The maximum absolute atomic E-state index is 14.7. The first-order valence-electron chi connectivity index (χ1n) is 49.4. The molecule has 0 aromatic heterocycles. The molecule has 0 bridgehead atoms. The number of hydrogen-bond donors (Lipinski definition) is 31. The van der Waals surface area contributed by atoms with Gasteiger partial charge in [0.05, 0.1) is 42.7 Å². The summed E-state index contributed by atoms with van der Waals surface area (Å²) >= 11 is 0. The Morgan fingerprint density at radius 1 is 0.193 bits per heavy atom. The van der Waals surface area contributed by atoms with Crippen LogP contribution in [0.4, 0.5) is 0 Å². The van der Waals surface area contributed by atoms with E-state index in [0.29, 0.717) is 12.8 Å². The third-order valence-corrected chi connectivity index (χ3v) is 22.7. The Morgan fingerprint density at radius 2 is 0.345 bits per heavy atom. The molecule has 35 N–H and O–H groups in total. The third kappa shape index (κ3) is 52.9. The minimum absolute atomic E-state index is 0.00798. The maximum atomic E-state index is 14.7. The Bertz CT molecular complexity index is 4190. The second-order valence-corrected chi connectivity index (χ2v) is 39.4. The van der Waals surface area contributed by atoms with Crippen molar-refractivity contribution < 1.29 is 152 Å². The highest BCUT2D eigenvalue weighted by Crippen LogP contribution is 2.19. The van der Waals surface area contributed by atoms with E-state index in [-0.39, 0.29) is 115 Å². The number of amides is 17. The van der Waals surface area contributed by atoms with Crippen LogP contribution in [-0.4, -0.2) is 340 Å². The van der Waals surface area contributed by atoms with Crippen LogP contribution in [0.5, 0.6) is 0 Å². The average Bonchev–Trinajstić information content (AvgIpc) is 0.837. The van der Waals surface area contributed by atoms with E-state index in [1.54, 1.807) is 69.2 Å². The summed E-state index contributed by atoms with van der Waals surface area (Å²) < 4.78 is 0. The molecular formula is C93H167N21O31. The molecule has 0 spiro atoms. The molecule has 0 saturated carbocycles. The summed E-state index contributed by atoms with van der Waals surface area (Å²) in [6, 6.07) is -30.9. The lowest BCUT2D eigenvalue weighted by molar-refractivity contribution is -0.143. The first-order chi connectivity index (χ1) is 67.4. The van der Waals surface area contributed by atoms with Crippen LogP contribution >= 0.6 is 0 Å². The predicted octanol–water partition coefficient (Wildman–Crippen LogP) is -6.82. The van der Waals surface area contributed by atoms with E-state index >= 15 is 0 Å². The van der Waals surface area contributed by atoms with Crippen molar-refractivity contribution in [1.29, 1.82) is 0 Å². The fourth-order valence-corrected chi connectivity index (χ4v) is 14.9. The number of carboxylic acid groups (broad SMARTS) is 4. The fourth-order valence-electron chi connectivity index (χ4n) is 14.9. The predicted molar refractivity (Wildman–Crippen MR) is 525 cm³/mol. The molecule has 145 heavy (non-hydrogen) atoms. The first kappa shape index (κ1) is 133. The molecular weight excluding hydrogens is 1910 g/mol. The number of aliphatic hydroxyl groups excluding tert-OH is 6. The molecule has 0 aromatic carbocycles. The number of nitrogens with two attached hydrogens (primary N) is 4. The van der Waals surface area contributed by atoms with E-state index < -0.39 is 332 Å². The Balaban J connectivity index is 7.38. The number of nitrogens with one attached hydrogen (secondary N) is 17. The standard InChI is InChI=1S/C93H167N21O31/c1-43(2)37-55(97)76(127)98-57(26-20-23-35-95)80(131)109-73(52(16)118)91(142)106-65(41-47(9)10)86(137)114-72(51(15)117)89(140)103-61(30-33-69(125)126)82(133)111-75(54(18)120)90(141)105-62(38-44(3)4)83(134)99-56(25-19-22-34-94)77(128)100-59(28-31-67(121)122)78(129)104-63(39-45(5)6)84(135)112-70(49(13)115)87(138)101-58(27-21-24-36-96)81(132)110-74(53(17)119)92(143)107-64(40-46(7)8)85(136)113-71(50(14)116)88(139)102-60(29-32-68(123)124)79(130)108-66(93(144)145)42-48(11)12/h43-66,70-75,115-120H,19-42,94-97H2,1-18H3,(H,98,127)(H,99,134)(H,100,128)(H,101,138)(H,102,139)(H,103,140)(H,104,129)(H,105,141)(H,106,142)(H,107,143)(H,108,130)(H,109,131)(H,110,132)(H,111,133)(H,112,135)(H,113,136)(H,114,137)(H,121,122)(H,123,124)(H,125,126)(H,144,145)/t49-,50-,51-,52-,53-,54-,55+,56+,57+,58+,59+,60+,61+,62+,63+,64+,65+,66+,70+,71+,72+,73+,74+,75+/m1/s1. The number of aliphatic carboxylic acids is 4. The molecule has 0 saturated heterocycles. The van der Waals surface area contributed by atoms with Crippen molar-refractivity contribution in [2.24, 2.45) is 58.4 Å². The van der Waals surface area contributed by atoms with Crippen molar-refractivity contribution >= 4 is 124 Å². The van der Waals surface area contributed by atoms with Crippen molar-refractivity contribution in [3.8, 4) is 0 Å². The van der Waals surface area contributed by atoms with Gasteiger partial charge in [-0.3, -0.25) is 95.9 Å². The SMILES string of the molecule is CC(C)C[C@H](NC(=O)[C@H](CCC(=O)O)NC(=O)[C@@H](NC(=O)[C@H](CC(C)C)NC(=O)[C@@H](NC(=O)[C@H](CCCCN)NC(=O)[C@@H](NC(=O)[C@H](CC(C)C)NC(=O)[C@H](CCC(=O)O)NC(=O)[C@H](CCCCN)NC(=O)[C@H](CC(C)C)NC(=O)[C@@H](NC(=O)[C@H](CCC(=O)O)NC(=O)[C@@H](NC(=O)[C@H](CC(C)C)NC(=O)[C@@H](NC(=O)[C@H](CCCCN)NC(=O)[C@@H](N)CC(C)C)[C@@H](C)O)[C@@H](C)O)[C@@H](C)O)[C@@H](C)O)[C@@H](C)O)[C@@H](C)O)C(=O)O. The van der Waals surface area contributed by atoms with E-state index in [9.17, 15) is 152 Å². The Kier molecular flexibility index (Phi) is 63.3. The maximum Gasteiger partial charge on any atom is 0.326 e. The molecule has 24 atom stereocenters. The molecule has 0 aliphatic rings. The smallest absolute Gasteiger partial charge is 0.326 e. The topological polar surface area (TPSA) is 869 Å². The Morgan fingerprint density at radius 3 is 0.531 bits per heavy atom. The van der Waals surface area contributed by atoms with E-state index in [1.807, 2.05) is 13.8 Å². The molecule has 52 nitrogen and oxygen atoms in total. The molecule has 0 unspecified atom stereocenters. The molecule has 0 rings (SSSR count). The molecule has 0 fully saturated rings. The van der Waals surface area contributed by atoms with Crippen molar-refractivity contribution in [2.45, 2.75) is 405 Å². The van der Waals surface area contributed by atoms with Gasteiger partial charge >= 0.3 is 23.9 Å². The van der Waals surface area contributed by atoms with Gasteiger partial charge in [-0.2, -0.15) is 0 Å². The number of hydrogen-bond acceptors (Lipinski definition) is 31. The van der Waals surface area contributed by atoms with E-state index in [1.165, 1.54) is 0 Å². The van der Waals surface area contributed by atoms with Crippen LogP contribution in [0.15, 0.2) is 0 Å². The number of rotatable bonds is 74. The number of unbranched alkanes of at least 4 members (excludes halogenated alkanes) is 3. The highest BCUT2D eigenvalue weighted by Gasteiger charge is 2.44. The van der Waals surface area contributed by atoms with Gasteiger partial charge in [0.2, 0.25) is 100 Å². The fraction of sp³-hybridized carbons (Fsp3) is 0.774. The van der Waals surface area contributed by atoms with Crippen LogP contribution in [0, 0.1) is 35.5 Å². The van der Waals surface area contributed by atoms with Crippen LogP contribution in [0.25, 0.3) is 0 Å². The van der Waals surface area contributed by atoms with Crippen molar-refractivity contribution in [2.75, 3.05) is 19.6 Å². The average molecular weight is 2080 g/mol. The Labute approximate surface area is 845 Å². The van der Waals surface area contributed by atoms with Gasteiger partial charge in [-0.25, -0.2) is 4.79 Å². The zero-order valence-electron chi connectivity index (χ0n) is 86.6. The molecule has 830 valence electrons. The van der Waals surface area contributed by atoms with Gasteiger partial charge < -0.3 is 164 Å². The molecule has 0 aliphatic carbocycles. The summed E-state index contributed by atoms with van der Waals surface area (Å²) in [5.41, 5.74) is 23.4. The van der Waals surface area contributed by atoms with Crippen molar-refractivity contribution in [1.82, 2.24) is 90.4 Å². The van der Waals surface area contributed by atoms with Crippen molar-refractivity contribution in [3.05, 3.63) is 0 Å². The van der Waals surface area contributed by atoms with Gasteiger partial charge in [-0.05, 0) is 212 Å². The first-order valence-corrected chi connectivity index (χ1v) is 49.4. The monoisotopic (exact) mass is 2070 g/mol. The number of carboxylic acids is 4. The van der Waals surface area contributed by atoms with Crippen LogP contribution < -0.4 is 113 Å². The Hall–Kier alpha value is -11.5. The van der Waals surface area contributed by atoms with Crippen LogP contribution in [0.1, 0.15) is 259 Å². The minimum atomic E-state index is -2.06. The van der Waals surface area contributed by atoms with Gasteiger partial charge in [0.25, 0.3) is 0 Å². The lowest BCUT2D eigenvalue weighted by atomic mass is 10.00. The molecule has 0 aromatic rings. The lowest BCUT2D eigenvalue weighted by Gasteiger charge is -2.30. The normalized spacial score (nSPS) is 16.5. The van der Waals surface area contributed by atoms with Crippen LogP contribution in [0.2, 0.25) is 0 Å². The summed E-state index contributed by atoms with van der Waals surface area (Å²) in [5, 5.41) is 146. The van der Waals surface area contributed by atoms with Crippen LogP contribution in [0.3, 0.4) is 0 Å². The van der Waals surface area contributed by atoms with Crippen LogP contribution in [-0.2, 0) is 101 Å². The van der Waals surface area contributed by atoms with Gasteiger partial charge in [0.1, 0.15) is 103 Å². The van der Waals surface area contributed by atoms with Crippen molar-refractivity contribution in [3.63, 3.8) is 0 Å². The molecule has 52 heteroatoms. The summed E-state index contributed by atoms with van der Waals surface area (Å²) in [4.78, 5) is 290. The second kappa shape index (κ2) is 68.8. The highest BCUT2D eigenvalue weighted by molar-refractivity contribution is 6.02. The molecule has 0 radical (unpaired) electrons. The summed E-state index contributed by atoms with van der Waals surface area (Å²) in [7, 11) is 0. The van der Waals surface area contributed by atoms with E-state index in [2.05, 4.69) is 90.4 Å². The second-order valence-electron chi connectivity index (χ2n) is 39.4. The van der Waals surface area contributed by atoms with E-state index in [0.717, 1.165) is 41.5 Å². The van der Waals surface area contributed by atoms with Gasteiger partial charge in [-0.15, -0.1) is 0 Å². The molecule has 0 heterocycles. The number of aliphatic hydroxyl groups is 6. The largest absolute Gasteiger partial charge is 0.481 e. The van der Waals surface area contributed by atoms with E-state index in [4.69, 9.17) is 22.9 Å². The van der Waals surface area contributed by atoms with Gasteiger partial charge in [-0.1, -0.05) is 83.1 Å². The summed E-state index contributed by atoms with van der Waals surface area (Å²) in [5.74, 6) is -27.4. The zero-order chi connectivity index (χ0) is 111. The highest BCUT2D eigenvalue weighted by atomic mass is 16.4.